The van der Waals surface area contributed by atoms with Gasteiger partial charge >= 0.3 is 0 Å². The van der Waals surface area contributed by atoms with E-state index in [0.29, 0.717) is 24.5 Å². The Hall–Kier alpha value is -0.760. The Morgan fingerprint density at radius 3 is 2.75 bits per heavy atom. The second-order valence-electron chi connectivity index (χ2n) is 4.15. The van der Waals surface area contributed by atoms with Crippen molar-refractivity contribution in [2.75, 3.05) is 25.2 Å². The highest BCUT2D eigenvalue weighted by Crippen LogP contribution is 2.22. The fourth-order valence-corrected chi connectivity index (χ4v) is 3.24. The lowest BCUT2D eigenvalue weighted by atomic mass is 10.2. The van der Waals surface area contributed by atoms with Crippen molar-refractivity contribution in [3.05, 3.63) is 23.8 Å². The van der Waals surface area contributed by atoms with E-state index in [1.54, 1.807) is 30.0 Å². The molecule has 7 heteroatoms. The molecule has 1 aromatic rings. The Kier molecular flexibility index (Phi) is 7.36. The number of rotatable bonds is 9. The Morgan fingerprint density at radius 2 is 2.15 bits per heavy atom. The molecule has 0 radical (unpaired) electrons. The third-order valence-electron chi connectivity index (χ3n) is 2.68. The molecular formula is C13H22N2O3S2. The van der Waals surface area contributed by atoms with Crippen LogP contribution in [-0.2, 0) is 16.6 Å². The standard InChI is InChI=1S/C13H22N2O3S2/c1-3-18-13-6-5-12(9-11(13)10-14)20(16,17)15-7-4-8-19-2/h5-6,9,15H,3-4,7-8,10,14H2,1-2H3. The van der Waals surface area contributed by atoms with E-state index < -0.39 is 10.0 Å². The molecule has 0 aliphatic rings. The second kappa shape index (κ2) is 8.51. The van der Waals surface area contributed by atoms with Gasteiger partial charge in [-0.3, -0.25) is 0 Å². The molecule has 114 valence electrons. The van der Waals surface area contributed by atoms with Crippen LogP contribution in [-0.4, -0.2) is 33.6 Å². The highest BCUT2D eigenvalue weighted by Gasteiger charge is 2.15. The maximum atomic E-state index is 12.1. The SMILES string of the molecule is CCOc1ccc(S(=O)(=O)NCCCSC)cc1CN. The second-order valence-corrected chi connectivity index (χ2v) is 6.90. The molecule has 0 aliphatic carbocycles. The minimum Gasteiger partial charge on any atom is -0.494 e. The molecule has 5 nitrogen and oxygen atoms in total. The van der Waals surface area contributed by atoms with Gasteiger partial charge < -0.3 is 10.5 Å². The van der Waals surface area contributed by atoms with Crippen LogP contribution in [0.15, 0.2) is 23.1 Å². The lowest BCUT2D eigenvalue weighted by Crippen LogP contribution is -2.25. The molecule has 0 saturated heterocycles. The van der Waals surface area contributed by atoms with Crippen LogP contribution in [0.5, 0.6) is 5.75 Å². The summed E-state index contributed by atoms with van der Waals surface area (Å²) < 4.78 is 32.3. The van der Waals surface area contributed by atoms with Crippen molar-refractivity contribution in [1.29, 1.82) is 0 Å². The summed E-state index contributed by atoms with van der Waals surface area (Å²) in [6.07, 6.45) is 2.80. The molecule has 0 bridgehead atoms. The summed E-state index contributed by atoms with van der Waals surface area (Å²) in [6, 6.07) is 4.77. The lowest BCUT2D eigenvalue weighted by molar-refractivity contribution is 0.336. The van der Waals surface area contributed by atoms with Crippen molar-refractivity contribution >= 4 is 21.8 Å². The summed E-state index contributed by atoms with van der Waals surface area (Å²) in [7, 11) is -3.48. The summed E-state index contributed by atoms with van der Waals surface area (Å²) in [5.74, 6) is 1.57. The van der Waals surface area contributed by atoms with E-state index in [2.05, 4.69) is 4.72 Å². The van der Waals surface area contributed by atoms with E-state index in [0.717, 1.165) is 12.2 Å². The van der Waals surface area contributed by atoms with E-state index in [4.69, 9.17) is 10.5 Å². The highest BCUT2D eigenvalue weighted by atomic mass is 32.2. The normalized spacial score (nSPS) is 11.6. The van der Waals surface area contributed by atoms with E-state index in [1.807, 2.05) is 13.2 Å². The van der Waals surface area contributed by atoms with E-state index in [-0.39, 0.29) is 11.4 Å². The molecular weight excluding hydrogens is 296 g/mol. The first-order valence-electron chi connectivity index (χ1n) is 6.49. The first-order valence-corrected chi connectivity index (χ1v) is 9.37. The van der Waals surface area contributed by atoms with Gasteiger partial charge in [-0.2, -0.15) is 11.8 Å². The van der Waals surface area contributed by atoms with Gasteiger partial charge in [-0.05, 0) is 43.6 Å². The molecule has 0 aliphatic heterocycles. The Labute approximate surface area is 125 Å². The third-order valence-corrected chi connectivity index (χ3v) is 4.83. The molecule has 0 aromatic heterocycles. The van der Waals surface area contributed by atoms with Gasteiger partial charge in [0, 0.05) is 18.7 Å². The molecule has 0 heterocycles. The monoisotopic (exact) mass is 318 g/mol. The summed E-state index contributed by atoms with van der Waals surface area (Å²) in [6.45, 7) is 3.07. The first-order chi connectivity index (χ1) is 9.55. The summed E-state index contributed by atoms with van der Waals surface area (Å²) in [4.78, 5) is 0.227. The maximum absolute atomic E-state index is 12.1. The fourth-order valence-electron chi connectivity index (χ4n) is 1.69. The number of ether oxygens (including phenoxy) is 1. The van der Waals surface area contributed by atoms with Gasteiger partial charge in [-0.1, -0.05) is 0 Å². The van der Waals surface area contributed by atoms with Gasteiger partial charge in [-0.25, -0.2) is 13.1 Å². The molecule has 0 unspecified atom stereocenters. The largest absolute Gasteiger partial charge is 0.494 e. The van der Waals surface area contributed by atoms with Crippen LogP contribution in [0.3, 0.4) is 0 Å². The summed E-state index contributed by atoms with van der Waals surface area (Å²) in [5.41, 5.74) is 6.33. The quantitative estimate of drug-likeness (QED) is 0.676. The molecule has 1 rings (SSSR count). The Balaban J connectivity index is 2.84. The lowest BCUT2D eigenvalue weighted by Gasteiger charge is -2.11. The zero-order chi connectivity index (χ0) is 15.0. The van der Waals surface area contributed by atoms with Gasteiger partial charge in [0.05, 0.1) is 11.5 Å². The number of hydrogen-bond acceptors (Lipinski definition) is 5. The van der Waals surface area contributed by atoms with Crippen LogP contribution in [0, 0.1) is 0 Å². The van der Waals surface area contributed by atoms with E-state index in [9.17, 15) is 8.42 Å². The molecule has 0 spiro atoms. The highest BCUT2D eigenvalue weighted by molar-refractivity contribution is 7.98. The van der Waals surface area contributed by atoms with Crippen LogP contribution in [0.25, 0.3) is 0 Å². The van der Waals surface area contributed by atoms with Crippen LogP contribution in [0.2, 0.25) is 0 Å². The molecule has 3 N–H and O–H groups in total. The van der Waals surface area contributed by atoms with Crippen LogP contribution >= 0.6 is 11.8 Å². The Bertz CT molecular complexity index is 518. The van der Waals surface area contributed by atoms with Gasteiger partial charge in [0.1, 0.15) is 5.75 Å². The van der Waals surface area contributed by atoms with E-state index in [1.165, 1.54) is 0 Å². The molecule has 0 fully saturated rings. The van der Waals surface area contributed by atoms with Crippen LogP contribution < -0.4 is 15.2 Å². The van der Waals surface area contributed by atoms with Crippen molar-refractivity contribution in [2.24, 2.45) is 5.73 Å². The zero-order valence-corrected chi connectivity index (χ0v) is 13.5. The third kappa shape index (κ3) is 4.97. The van der Waals surface area contributed by atoms with E-state index >= 15 is 0 Å². The average Bonchev–Trinajstić information content (AvgIpc) is 2.44. The Morgan fingerprint density at radius 1 is 1.40 bits per heavy atom. The molecule has 0 amide bonds. The first kappa shape index (κ1) is 17.3. The topological polar surface area (TPSA) is 81.4 Å². The van der Waals surface area contributed by atoms with Crippen LogP contribution in [0.1, 0.15) is 18.9 Å². The zero-order valence-electron chi connectivity index (χ0n) is 11.9. The summed E-state index contributed by atoms with van der Waals surface area (Å²) >= 11 is 1.69. The van der Waals surface area contributed by atoms with Gasteiger partial charge in [-0.15, -0.1) is 0 Å². The van der Waals surface area contributed by atoms with Crippen molar-refractivity contribution in [2.45, 2.75) is 24.8 Å². The fraction of sp³-hybridized carbons (Fsp3) is 0.538. The summed E-state index contributed by atoms with van der Waals surface area (Å²) in [5, 5.41) is 0. The predicted octanol–water partition coefficient (Wildman–Crippen LogP) is 1.58. The van der Waals surface area contributed by atoms with Gasteiger partial charge in [0.25, 0.3) is 0 Å². The number of nitrogens with two attached hydrogens (primary N) is 1. The minimum atomic E-state index is -3.48. The molecule has 0 atom stereocenters. The number of nitrogens with one attached hydrogen (secondary N) is 1. The van der Waals surface area contributed by atoms with Crippen molar-refractivity contribution in [1.82, 2.24) is 4.72 Å². The van der Waals surface area contributed by atoms with Crippen LogP contribution in [0.4, 0.5) is 0 Å². The number of thioether (sulfide) groups is 1. The van der Waals surface area contributed by atoms with Crippen molar-refractivity contribution in [3.8, 4) is 5.75 Å². The molecule has 20 heavy (non-hydrogen) atoms. The minimum absolute atomic E-state index is 0.227. The number of hydrogen-bond donors (Lipinski definition) is 2. The molecule has 0 saturated carbocycles. The smallest absolute Gasteiger partial charge is 0.240 e. The predicted molar refractivity (Wildman–Crippen MR) is 83.7 cm³/mol. The maximum Gasteiger partial charge on any atom is 0.240 e. The number of sulfonamides is 1. The van der Waals surface area contributed by atoms with Crippen molar-refractivity contribution in [3.63, 3.8) is 0 Å². The average molecular weight is 318 g/mol. The number of benzene rings is 1. The molecule has 1 aromatic carbocycles. The van der Waals surface area contributed by atoms with Crippen molar-refractivity contribution < 1.29 is 13.2 Å². The van der Waals surface area contributed by atoms with Gasteiger partial charge in [0.15, 0.2) is 0 Å². The van der Waals surface area contributed by atoms with Gasteiger partial charge in [0.2, 0.25) is 10.0 Å².